The zero-order valence-electron chi connectivity index (χ0n) is 23.6. The number of hydrogen-bond donors (Lipinski definition) is 3. The minimum Gasteiger partial charge on any atom is -0.455 e. The highest BCUT2D eigenvalue weighted by molar-refractivity contribution is 6.12. The van der Waals surface area contributed by atoms with E-state index in [2.05, 4.69) is 30.8 Å². The Morgan fingerprint density at radius 1 is 0.884 bits per heavy atom. The van der Waals surface area contributed by atoms with Gasteiger partial charge in [-0.25, -0.2) is 4.98 Å². The first-order valence-electron chi connectivity index (χ1n) is 14.1. The summed E-state index contributed by atoms with van der Waals surface area (Å²) in [5.74, 6) is 1.31. The molecule has 2 amide bonds. The number of aryl methyl sites for hydroxylation is 1. The molecule has 1 fully saturated rings. The first-order valence-corrected chi connectivity index (χ1v) is 14.1. The lowest BCUT2D eigenvalue weighted by atomic mass is 9.95. The summed E-state index contributed by atoms with van der Waals surface area (Å²) in [6, 6.07) is 24.7. The molecule has 43 heavy (non-hydrogen) atoms. The number of amides is 2. The summed E-state index contributed by atoms with van der Waals surface area (Å²) in [5, 5.41) is 14.0. The normalized spacial score (nSPS) is 13.5. The van der Waals surface area contributed by atoms with Crippen molar-refractivity contribution in [2.75, 3.05) is 7.05 Å². The fourth-order valence-corrected chi connectivity index (χ4v) is 5.42. The Labute approximate surface area is 247 Å². The molecule has 0 bridgehead atoms. The van der Waals surface area contributed by atoms with Crippen LogP contribution in [0.5, 0.6) is 0 Å². The Morgan fingerprint density at radius 3 is 2.42 bits per heavy atom. The third kappa shape index (κ3) is 4.74. The molecule has 7 rings (SSSR count). The van der Waals surface area contributed by atoms with Gasteiger partial charge in [-0.15, -0.1) is 0 Å². The molecule has 3 N–H and O–H groups in total. The molecule has 3 heterocycles. The van der Waals surface area contributed by atoms with Crippen LogP contribution in [0.1, 0.15) is 44.9 Å². The number of carbonyl (C=O) groups excluding carboxylic acids is 2. The molecule has 0 radical (unpaired) electrons. The second-order valence-corrected chi connectivity index (χ2v) is 10.8. The van der Waals surface area contributed by atoms with Crippen molar-refractivity contribution in [2.45, 2.75) is 25.3 Å². The number of furan rings is 1. The number of nitrogens with zero attached hydrogens (tertiary/aromatic N) is 3. The molecular weight excluding hydrogens is 540 g/mol. The maximum absolute atomic E-state index is 13.6. The van der Waals surface area contributed by atoms with E-state index in [-0.39, 0.29) is 11.8 Å². The van der Waals surface area contributed by atoms with E-state index in [1.807, 2.05) is 85.8 Å². The van der Waals surface area contributed by atoms with E-state index >= 15 is 0 Å². The predicted molar refractivity (Wildman–Crippen MR) is 163 cm³/mol. The van der Waals surface area contributed by atoms with E-state index < -0.39 is 5.54 Å². The monoisotopic (exact) mass is 568 g/mol. The van der Waals surface area contributed by atoms with Crippen molar-refractivity contribution >= 4 is 22.8 Å². The summed E-state index contributed by atoms with van der Waals surface area (Å²) in [6.45, 7) is 2.00. The van der Waals surface area contributed by atoms with Crippen LogP contribution in [-0.2, 0) is 5.54 Å². The van der Waals surface area contributed by atoms with Crippen LogP contribution in [0.25, 0.3) is 44.8 Å². The zero-order chi connectivity index (χ0) is 29.6. The number of aromatic nitrogens is 4. The Bertz CT molecular complexity index is 1990. The molecule has 3 aromatic heterocycles. The number of benzene rings is 3. The summed E-state index contributed by atoms with van der Waals surface area (Å²) in [6.07, 6.45) is 4.93. The van der Waals surface area contributed by atoms with Gasteiger partial charge in [-0.05, 0) is 72.9 Å². The molecule has 0 aliphatic heterocycles. The quantitative estimate of drug-likeness (QED) is 0.216. The van der Waals surface area contributed by atoms with Gasteiger partial charge in [0.1, 0.15) is 11.3 Å². The maximum Gasteiger partial charge on any atom is 0.255 e. The van der Waals surface area contributed by atoms with E-state index in [0.717, 1.165) is 40.7 Å². The average Bonchev–Trinajstić information content (AvgIpc) is 3.46. The smallest absolute Gasteiger partial charge is 0.255 e. The highest BCUT2D eigenvalue weighted by atomic mass is 16.3. The molecule has 1 aliphatic carbocycles. The summed E-state index contributed by atoms with van der Waals surface area (Å²) in [7, 11) is 1.61. The van der Waals surface area contributed by atoms with Gasteiger partial charge in [0.25, 0.3) is 11.8 Å². The maximum atomic E-state index is 13.6. The van der Waals surface area contributed by atoms with Crippen LogP contribution >= 0.6 is 0 Å². The molecule has 0 saturated heterocycles. The third-order valence-electron chi connectivity index (χ3n) is 7.97. The first kappa shape index (κ1) is 26.3. The van der Waals surface area contributed by atoms with Gasteiger partial charge in [-0.2, -0.15) is 5.10 Å². The molecule has 0 unspecified atom stereocenters. The molecule has 1 saturated carbocycles. The summed E-state index contributed by atoms with van der Waals surface area (Å²) >= 11 is 0. The van der Waals surface area contributed by atoms with Crippen LogP contribution in [0, 0.1) is 6.92 Å². The van der Waals surface area contributed by atoms with Crippen LogP contribution in [0.3, 0.4) is 0 Å². The lowest BCUT2D eigenvalue weighted by Gasteiger charge is -2.16. The van der Waals surface area contributed by atoms with E-state index in [1.165, 1.54) is 0 Å². The van der Waals surface area contributed by atoms with Crippen molar-refractivity contribution in [3.05, 3.63) is 114 Å². The summed E-state index contributed by atoms with van der Waals surface area (Å²) < 4.78 is 6.18. The number of pyridine rings is 1. The van der Waals surface area contributed by atoms with Crippen molar-refractivity contribution in [1.82, 2.24) is 30.8 Å². The van der Waals surface area contributed by atoms with Crippen LogP contribution in [0.4, 0.5) is 0 Å². The topological polar surface area (TPSA) is 126 Å². The molecule has 0 spiro atoms. The van der Waals surface area contributed by atoms with Crippen LogP contribution in [0.15, 0.2) is 95.7 Å². The summed E-state index contributed by atoms with van der Waals surface area (Å²) in [5.41, 5.74) is 5.50. The molecule has 1 aliphatic rings. The van der Waals surface area contributed by atoms with Crippen molar-refractivity contribution < 1.29 is 14.0 Å². The third-order valence-corrected chi connectivity index (χ3v) is 7.97. The Kier molecular flexibility index (Phi) is 6.35. The van der Waals surface area contributed by atoms with Crippen LogP contribution in [0.2, 0.25) is 0 Å². The lowest BCUT2D eigenvalue weighted by Crippen LogP contribution is -2.35. The second-order valence-electron chi connectivity index (χ2n) is 10.8. The number of hydrogen-bond acceptors (Lipinski definition) is 6. The SMILES string of the molecule is CNC(=O)c1c(-c2ccccc2)oc2ccc(-c3cc(C(=O)NC4(c5nc(-c6ccncc6)n[nH]5)CC4)ccc3C)cc12. The van der Waals surface area contributed by atoms with Gasteiger partial charge in [-0.1, -0.05) is 42.5 Å². The molecule has 9 nitrogen and oxygen atoms in total. The van der Waals surface area contributed by atoms with Gasteiger partial charge in [0, 0.05) is 41.5 Å². The number of nitrogens with one attached hydrogen (secondary N) is 3. The van der Waals surface area contributed by atoms with Gasteiger partial charge < -0.3 is 15.1 Å². The van der Waals surface area contributed by atoms with Gasteiger partial charge in [-0.3, -0.25) is 19.7 Å². The molecule has 9 heteroatoms. The van der Waals surface area contributed by atoms with Crippen molar-refractivity contribution in [1.29, 1.82) is 0 Å². The van der Waals surface area contributed by atoms with Gasteiger partial charge >= 0.3 is 0 Å². The minimum atomic E-state index is -0.577. The fourth-order valence-electron chi connectivity index (χ4n) is 5.42. The molecule has 3 aromatic carbocycles. The van der Waals surface area contributed by atoms with E-state index in [0.29, 0.717) is 39.5 Å². The van der Waals surface area contributed by atoms with Gasteiger partial charge in [0.15, 0.2) is 11.6 Å². The van der Waals surface area contributed by atoms with Crippen molar-refractivity contribution in [3.63, 3.8) is 0 Å². The predicted octanol–water partition coefficient (Wildman–Crippen LogP) is 6.03. The highest BCUT2D eigenvalue weighted by Gasteiger charge is 2.49. The van der Waals surface area contributed by atoms with Crippen LogP contribution < -0.4 is 10.6 Å². The molecule has 212 valence electrons. The highest BCUT2D eigenvalue weighted by Crippen LogP contribution is 2.44. The van der Waals surface area contributed by atoms with Crippen LogP contribution in [-0.4, -0.2) is 39.0 Å². The Balaban J connectivity index is 1.21. The summed E-state index contributed by atoms with van der Waals surface area (Å²) in [4.78, 5) is 35.3. The van der Waals surface area contributed by atoms with E-state index in [4.69, 9.17) is 4.42 Å². The van der Waals surface area contributed by atoms with E-state index in [1.54, 1.807) is 19.4 Å². The number of H-pyrrole nitrogens is 1. The molecule has 6 aromatic rings. The fraction of sp³-hybridized carbons (Fsp3) is 0.147. The van der Waals surface area contributed by atoms with Gasteiger partial charge in [0.2, 0.25) is 0 Å². The minimum absolute atomic E-state index is 0.192. The van der Waals surface area contributed by atoms with Gasteiger partial charge in [0.05, 0.1) is 11.1 Å². The van der Waals surface area contributed by atoms with Crippen molar-refractivity contribution in [2.24, 2.45) is 0 Å². The number of aromatic amines is 1. The molecule has 0 atom stereocenters. The van der Waals surface area contributed by atoms with E-state index in [9.17, 15) is 9.59 Å². The first-order chi connectivity index (χ1) is 21.0. The Hall–Kier alpha value is -5.57. The largest absolute Gasteiger partial charge is 0.455 e. The zero-order valence-corrected chi connectivity index (χ0v) is 23.6. The lowest BCUT2D eigenvalue weighted by molar-refractivity contribution is 0.0927. The van der Waals surface area contributed by atoms with Crippen molar-refractivity contribution in [3.8, 4) is 33.8 Å². The number of carbonyl (C=O) groups is 2. The molecular formula is C34H28N6O3. The number of rotatable bonds is 7. The standard InChI is InChI=1S/C34H28N6O3/c1-20-8-9-24(31(41)38-34(14-15-34)33-37-30(39-40-33)22-12-16-36-17-13-22)19-25(20)23-10-11-27-26(18-23)28(32(42)35-2)29(43-27)21-6-4-3-5-7-21/h3-13,16-19H,14-15H2,1-2H3,(H,35,42)(H,38,41)(H,37,39,40). The average molecular weight is 569 g/mol. The number of fused-ring (bicyclic) bond motifs is 1. The Morgan fingerprint density at radius 2 is 1.67 bits per heavy atom. The second kappa shape index (κ2) is 10.4.